The molecule has 19 heavy (non-hydrogen) atoms. The van der Waals surface area contributed by atoms with Crippen LogP contribution in [-0.4, -0.2) is 0 Å². The molecule has 1 aromatic carbocycles. The second-order valence-corrected chi connectivity index (χ2v) is 6.00. The maximum Gasteiger partial charge on any atom is 0.123 e. The number of nitrogens with one attached hydrogen (secondary N) is 1. The molecule has 0 spiro atoms. The van der Waals surface area contributed by atoms with Crippen molar-refractivity contribution in [2.45, 2.75) is 31.2 Å². The van der Waals surface area contributed by atoms with Gasteiger partial charge in [-0.05, 0) is 54.0 Å². The molecule has 0 fully saturated rings. The van der Waals surface area contributed by atoms with Crippen LogP contribution in [0.1, 0.15) is 40.8 Å². The van der Waals surface area contributed by atoms with Crippen molar-refractivity contribution in [3.63, 3.8) is 0 Å². The maximum atomic E-state index is 13.4. The van der Waals surface area contributed by atoms with Crippen LogP contribution in [0.3, 0.4) is 0 Å². The Hall–Kier alpha value is -1.23. The molecule has 1 aliphatic rings. The number of aryl methyl sites for hydroxylation is 1. The van der Waals surface area contributed by atoms with Crippen molar-refractivity contribution in [3.8, 4) is 0 Å². The zero-order valence-corrected chi connectivity index (χ0v) is 11.4. The van der Waals surface area contributed by atoms with Gasteiger partial charge in [0.15, 0.2) is 0 Å². The molecule has 1 aromatic heterocycles. The van der Waals surface area contributed by atoms with E-state index in [1.807, 2.05) is 17.4 Å². The second-order valence-electron chi connectivity index (χ2n) is 5.00. The van der Waals surface area contributed by atoms with E-state index in [1.165, 1.54) is 22.9 Å². The largest absolute Gasteiger partial charge is 0.271 e. The quantitative estimate of drug-likeness (QED) is 0.665. The number of thiophene rings is 1. The topological polar surface area (TPSA) is 38.0 Å². The van der Waals surface area contributed by atoms with Crippen molar-refractivity contribution in [3.05, 3.63) is 57.5 Å². The standard InChI is InChI=1S/C15H17FN2S/c16-11-4-1-3-10(9-11)15(18-17)13-5-2-6-14-12(13)7-8-19-14/h1,3-4,7-9,13,15,18H,2,5-6,17H2. The minimum atomic E-state index is -0.209. The lowest BCUT2D eigenvalue weighted by molar-refractivity contribution is 0.409. The van der Waals surface area contributed by atoms with Gasteiger partial charge in [-0.1, -0.05) is 12.1 Å². The van der Waals surface area contributed by atoms with Crippen molar-refractivity contribution >= 4 is 11.3 Å². The minimum absolute atomic E-state index is 0.0238. The molecular formula is C15H17FN2S. The van der Waals surface area contributed by atoms with E-state index in [4.69, 9.17) is 5.84 Å². The van der Waals surface area contributed by atoms with Crippen molar-refractivity contribution in [1.29, 1.82) is 0 Å². The van der Waals surface area contributed by atoms with E-state index in [1.54, 1.807) is 12.1 Å². The van der Waals surface area contributed by atoms with E-state index in [0.29, 0.717) is 5.92 Å². The van der Waals surface area contributed by atoms with E-state index in [0.717, 1.165) is 18.4 Å². The van der Waals surface area contributed by atoms with Crippen LogP contribution in [0.4, 0.5) is 4.39 Å². The van der Waals surface area contributed by atoms with Crippen molar-refractivity contribution in [2.75, 3.05) is 0 Å². The Morgan fingerprint density at radius 2 is 2.26 bits per heavy atom. The highest BCUT2D eigenvalue weighted by Gasteiger charge is 2.29. The normalized spacial score (nSPS) is 20.0. The molecule has 1 aliphatic carbocycles. The van der Waals surface area contributed by atoms with Gasteiger partial charge in [0.2, 0.25) is 0 Å². The lowest BCUT2D eigenvalue weighted by Gasteiger charge is -2.30. The van der Waals surface area contributed by atoms with Crippen LogP contribution in [0.2, 0.25) is 0 Å². The summed E-state index contributed by atoms with van der Waals surface area (Å²) in [7, 11) is 0. The van der Waals surface area contributed by atoms with Gasteiger partial charge in [0.1, 0.15) is 5.82 Å². The zero-order chi connectivity index (χ0) is 13.2. The Morgan fingerprint density at radius 3 is 3.05 bits per heavy atom. The smallest absolute Gasteiger partial charge is 0.123 e. The molecule has 2 atom stereocenters. The number of hydrogen-bond donors (Lipinski definition) is 2. The first-order valence-corrected chi connectivity index (χ1v) is 7.45. The molecule has 3 N–H and O–H groups in total. The summed E-state index contributed by atoms with van der Waals surface area (Å²) in [5.74, 6) is 5.87. The fraction of sp³-hybridized carbons (Fsp3) is 0.333. The molecule has 0 amide bonds. The maximum absolute atomic E-state index is 13.4. The second kappa shape index (κ2) is 5.41. The molecule has 3 rings (SSSR count). The molecular weight excluding hydrogens is 259 g/mol. The van der Waals surface area contributed by atoms with Crippen LogP contribution in [0.5, 0.6) is 0 Å². The molecule has 100 valence electrons. The van der Waals surface area contributed by atoms with E-state index < -0.39 is 0 Å². The highest BCUT2D eigenvalue weighted by Crippen LogP contribution is 2.42. The van der Waals surface area contributed by atoms with Crippen LogP contribution in [0, 0.1) is 5.82 Å². The molecule has 1 heterocycles. The predicted molar refractivity (Wildman–Crippen MR) is 76.5 cm³/mol. The Morgan fingerprint density at radius 1 is 1.37 bits per heavy atom. The molecule has 0 saturated heterocycles. The number of fused-ring (bicyclic) bond motifs is 1. The summed E-state index contributed by atoms with van der Waals surface area (Å²) in [6.07, 6.45) is 3.42. The summed E-state index contributed by atoms with van der Waals surface area (Å²) in [5.41, 5.74) is 5.18. The third-order valence-corrected chi connectivity index (χ3v) is 4.88. The van der Waals surface area contributed by atoms with Gasteiger partial charge in [0.05, 0.1) is 6.04 Å². The van der Waals surface area contributed by atoms with Crippen molar-refractivity contribution in [1.82, 2.24) is 5.43 Å². The molecule has 2 unspecified atom stereocenters. The summed E-state index contributed by atoms with van der Waals surface area (Å²) in [5, 5.41) is 2.14. The Kier molecular flexibility index (Phi) is 3.64. The first kappa shape index (κ1) is 12.8. The van der Waals surface area contributed by atoms with Crippen LogP contribution in [0.25, 0.3) is 0 Å². The van der Waals surface area contributed by atoms with Gasteiger partial charge in [-0.3, -0.25) is 11.3 Å². The number of hydrogen-bond acceptors (Lipinski definition) is 3. The fourth-order valence-electron chi connectivity index (χ4n) is 3.01. The first-order valence-electron chi connectivity index (χ1n) is 6.57. The minimum Gasteiger partial charge on any atom is -0.271 e. The number of benzene rings is 1. The molecule has 4 heteroatoms. The fourth-order valence-corrected chi connectivity index (χ4v) is 4.01. The van der Waals surface area contributed by atoms with E-state index in [-0.39, 0.29) is 11.9 Å². The van der Waals surface area contributed by atoms with Crippen LogP contribution in [-0.2, 0) is 6.42 Å². The number of nitrogens with two attached hydrogens (primary N) is 1. The average molecular weight is 276 g/mol. The lowest BCUT2D eigenvalue weighted by atomic mass is 9.80. The van der Waals surface area contributed by atoms with Crippen LogP contribution < -0.4 is 11.3 Å². The van der Waals surface area contributed by atoms with Gasteiger partial charge in [0, 0.05) is 10.8 Å². The third kappa shape index (κ3) is 2.43. The Labute approximate surface area is 116 Å². The van der Waals surface area contributed by atoms with E-state index in [2.05, 4.69) is 16.9 Å². The van der Waals surface area contributed by atoms with Crippen LogP contribution >= 0.6 is 11.3 Å². The SMILES string of the molecule is NNC(c1cccc(F)c1)C1CCCc2sccc21. The predicted octanol–water partition coefficient (Wildman–Crippen LogP) is 3.51. The lowest BCUT2D eigenvalue weighted by Crippen LogP contribution is -2.33. The Balaban J connectivity index is 1.96. The molecule has 2 aromatic rings. The monoisotopic (exact) mass is 276 g/mol. The Bertz CT molecular complexity index is 567. The summed E-state index contributed by atoms with van der Waals surface area (Å²) >= 11 is 1.81. The summed E-state index contributed by atoms with van der Waals surface area (Å²) < 4.78 is 13.4. The molecule has 0 radical (unpaired) electrons. The molecule has 0 aliphatic heterocycles. The van der Waals surface area contributed by atoms with Gasteiger partial charge in [-0.15, -0.1) is 11.3 Å². The van der Waals surface area contributed by atoms with Gasteiger partial charge in [0.25, 0.3) is 0 Å². The van der Waals surface area contributed by atoms with E-state index in [9.17, 15) is 4.39 Å². The van der Waals surface area contributed by atoms with Gasteiger partial charge < -0.3 is 0 Å². The summed E-state index contributed by atoms with van der Waals surface area (Å²) in [6, 6.07) is 8.89. The number of rotatable bonds is 3. The molecule has 0 saturated carbocycles. The van der Waals surface area contributed by atoms with Gasteiger partial charge in [-0.2, -0.15) is 0 Å². The average Bonchev–Trinajstić information content (AvgIpc) is 2.89. The summed E-state index contributed by atoms with van der Waals surface area (Å²) in [4.78, 5) is 1.45. The third-order valence-electron chi connectivity index (χ3n) is 3.89. The molecule has 2 nitrogen and oxygen atoms in total. The first-order chi connectivity index (χ1) is 9.29. The van der Waals surface area contributed by atoms with E-state index >= 15 is 0 Å². The number of halogens is 1. The van der Waals surface area contributed by atoms with Gasteiger partial charge >= 0.3 is 0 Å². The highest BCUT2D eigenvalue weighted by molar-refractivity contribution is 7.10. The van der Waals surface area contributed by atoms with Crippen molar-refractivity contribution in [2.24, 2.45) is 5.84 Å². The van der Waals surface area contributed by atoms with Gasteiger partial charge in [-0.25, -0.2) is 4.39 Å². The number of hydrazine groups is 1. The van der Waals surface area contributed by atoms with Crippen molar-refractivity contribution < 1.29 is 4.39 Å². The van der Waals surface area contributed by atoms with Crippen LogP contribution in [0.15, 0.2) is 35.7 Å². The highest BCUT2D eigenvalue weighted by atomic mass is 32.1. The summed E-state index contributed by atoms with van der Waals surface area (Å²) in [6.45, 7) is 0. The zero-order valence-electron chi connectivity index (χ0n) is 10.6. The molecule has 0 bridgehead atoms.